The maximum absolute atomic E-state index is 13.1. The second-order valence-electron chi connectivity index (χ2n) is 5.25. The molecular weight excluding hydrogens is 351 g/mol. The van der Waals surface area contributed by atoms with E-state index in [9.17, 15) is 13.2 Å². The summed E-state index contributed by atoms with van der Waals surface area (Å²) in [5.41, 5.74) is 0.370. The molecule has 132 valence electrons. The third-order valence-corrected chi connectivity index (χ3v) is 3.51. The van der Waals surface area contributed by atoms with Crippen molar-refractivity contribution in [3.8, 4) is 5.69 Å². The second kappa shape index (κ2) is 6.10. The molecule has 0 atom stereocenters. The molecule has 0 unspecified atom stereocenters. The van der Waals surface area contributed by atoms with Crippen LogP contribution in [0, 0.1) is 0 Å². The van der Waals surface area contributed by atoms with E-state index in [1.54, 1.807) is 18.3 Å². The number of hydrogen-bond acceptors (Lipinski definition) is 6. The number of pyridine rings is 1. The number of fused-ring (bicyclic) bond motifs is 1. The Balaban J connectivity index is 1.56. The molecule has 0 aliphatic heterocycles. The van der Waals surface area contributed by atoms with Crippen molar-refractivity contribution in [3.05, 3.63) is 60.0 Å². The van der Waals surface area contributed by atoms with Crippen LogP contribution in [0.4, 0.5) is 13.2 Å². The Hall–Kier alpha value is -3.50. The molecule has 0 spiro atoms. The zero-order valence-corrected chi connectivity index (χ0v) is 13.0. The van der Waals surface area contributed by atoms with E-state index in [2.05, 4.69) is 25.6 Å². The average Bonchev–Trinajstić information content (AvgIpc) is 3.26. The van der Waals surface area contributed by atoms with Gasteiger partial charge in [-0.05, 0) is 29.5 Å². The van der Waals surface area contributed by atoms with Gasteiger partial charge in [0.15, 0.2) is 6.61 Å². The summed E-state index contributed by atoms with van der Waals surface area (Å²) in [5.74, 6) is 0. The first kappa shape index (κ1) is 16.0. The predicted octanol–water partition coefficient (Wildman–Crippen LogP) is 2.05. The van der Waals surface area contributed by atoms with Crippen molar-refractivity contribution in [1.82, 2.24) is 35.1 Å². The van der Waals surface area contributed by atoms with Gasteiger partial charge in [0.05, 0.1) is 17.4 Å². The number of benzene rings is 1. The summed E-state index contributed by atoms with van der Waals surface area (Å²) in [5, 5.41) is 15.3. The average molecular weight is 361 g/mol. The second-order valence-corrected chi connectivity index (χ2v) is 5.25. The fourth-order valence-corrected chi connectivity index (χ4v) is 2.35. The van der Waals surface area contributed by atoms with E-state index in [-0.39, 0.29) is 12.3 Å². The summed E-state index contributed by atoms with van der Waals surface area (Å²) >= 11 is 0. The van der Waals surface area contributed by atoms with Crippen LogP contribution in [0.1, 0.15) is 11.3 Å². The monoisotopic (exact) mass is 361 g/mol. The van der Waals surface area contributed by atoms with Crippen LogP contribution < -0.4 is 4.84 Å². The molecule has 0 radical (unpaired) electrons. The van der Waals surface area contributed by atoms with Crippen molar-refractivity contribution >= 4 is 11.2 Å². The minimum Gasteiger partial charge on any atom is -0.387 e. The summed E-state index contributed by atoms with van der Waals surface area (Å²) in [6.45, 7) is -0.0663. The third-order valence-electron chi connectivity index (χ3n) is 3.51. The topological polar surface area (TPSA) is 83.5 Å². The number of alkyl halides is 3. The summed E-state index contributed by atoms with van der Waals surface area (Å²) in [6.07, 6.45) is -1.57. The first-order valence-corrected chi connectivity index (χ1v) is 7.40. The standard InChI is InChI=1S/C15H10F3N7O/c16-15(17,18)11-4-1-2-6-13(11)24-8-10(20-22-24)9-26-25-14-12(21-23-25)5-3-7-19-14/h1-8H,9H2. The molecule has 1 aromatic carbocycles. The highest BCUT2D eigenvalue weighted by Gasteiger charge is 2.34. The van der Waals surface area contributed by atoms with E-state index in [1.807, 2.05) is 0 Å². The molecule has 0 saturated carbocycles. The Morgan fingerprint density at radius 3 is 2.69 bits per heavy atom. The van der Waals surface area contributed by atoms with Gasteiger partial charge in [-0.25, -0.2) is 9.67 Å². The normalized spacial score (nSPS) is 11.8. The summed E-state index contributed by atoms with van der Waals surface area (Å²) in [6, 6.07) is 8.55. The van der Waals surface area contributed by atoms with Crippen molar-refractivity contribution in [3.63, 3.8) is 0 Å². The summed E-state index contributed by atoms with van der Waals surface area (Å²) < 4.78 is 40.4. The molecule has 0 amide bonds. The maximum atomic E-state index is 13.1. The molecule has 26 heavy (non-hydrogen) atoms. The molecule has 4 aromatic rings. The van der Waals surface area contributed by atoms with Crippen molar-refractivity contribution in [2.24, 2.45) is 0 Å². The van der Waals surface area contributed by atoms with Gasteiger partial charge in [0.25, 0.3) is 0 Å². The molecule has 0 aliphatic carbocycles. The van der Waals surface area contributed by atoms with Gasteiger partial charge in [-0.2, -0.15) is 13.2 Å². The van der Waals surface area contributed by atoms with Gasteiger partial charge < -0.3 is 4.84 Å². The van der Waals surface area contributed by atoms with Gasteiger partial charge in [0.1, 0.15) is 11.2 Å². The zero-order chi connectivity index (χ0) is 18.1. The van der Waals surface area contributed by atoms with Gasteiger partial charge in [0, 0.05) is 6.20 Å². The van der Waals surface area contributed by atoms with Gasteiger partial charge in [-0.3, -0.25) is 0 Å². The van der Waals surface area contributed by atoms with Crippen LogP contribution in [0.25, 0.3) is 16.9 Å². The van der Waals surface area contributed by atoms with Crippen LogP contribution in [0.15, 0.2) is 48.8 Å². The first-order chi connectivity index (χ1) is 12.5. The van der Waals surface area contributed by atoms with Gasteiger partial charge in [-0.1, -0.05) is 22.2 Å². The van der Waals surface area contributed by atoms with Gasteiger partial charge in [0.2, 0.25) is 5.65 Å². The van der Waals surface area contributed by atoms with Crippen molar-refractivity contribution in [1.29, 1.82) is 0 Å². The Morgan fingerprint density at radius 2 is 1.85 bits per heavy atom. The van der Waals surface area contributed by atoms with Crippen LogP contribution in [-0.4, -0.2) is 35.1 Å². The number of rotatable bonds is 4. The Bertz CT molecular complexity index is 1060. The lowest BCUT2D eigenvalue weighted by Crippen LogP contribution is -2.13. The van der Waals surface area contributed by atoms with E-state index in [0.717, 1.165) is 15.6 Å². The highest BCUT2D eigenvalue weighted by Crippen LogP contribution is 2.33. The molecule has 0 bridgehead atoms. The minimum absolute atomic E-state index is 0.0663. The van der Waals surface area contributed by atoms with Crippen molar-refractivity contribution in [2.75, 3.05) is 0 Å². The lowest BCUT2D eigenvalue weighted by Gasteiger charge is -2.11. The molecule has 11 heteroatoms. The third kappa shape index (κ3) is 2.94. The Morgan fingerprint density at radius 1 is 1.00 bits per heavy atom. The van der Waals surface area contributed by atoms with E-state index >= 15 is 0 Å². The largest absolute Gasteiger partial charge is 0.418 e. The van der Waals surface area contributed by atoms with Crippen LogP contribution in [-0.2, 0) is 12.8 Å². The number of halogens is 3. The molecule has 3 heterocycles. The number of para-hydroxylation sites is 1. The number of hydrogen-bond donors (Lipinski definition) is 0. The Kier molecular flexibility index (Phi) is 3.75. The lowest BCUT2D eigenvalue weighted by molar-refractivity contribution is -0.137. The quantitative estimate of drug-likeness (QED) is 0.553. The van der Waals surface area contributed by atoms with E-state index in [0.29, 0.717) is 16.9 Å². The predicted molar refractivity (Wildman–Crippen MR) is 82.0 cm³/mol. The fourth-order valence-electron chi connectivity index (χ4n) is 2.35. The lowest BCUT2D eigenvalue weighted by atomic mass is 10.1. The van der Waals surface area contributed by atoms with E-state index in [4.69, 9.17) is 4.84 Å². The zero-order valence-electron chi connectivity index (χ0n) is 13.0. The molecule has 0 fully saturated rings. The SMILES string of the molecule is FC(F)(F)c1ccccc1-n1cc(COn2nnc3cccnc32)nn1. The molecule has 0 N–H and O–H groups in total. The minimum atomic E-state index is -4.50. The van der Waals surface area contributed by atoms with Gasteiger partial charge >= 0.3 is 6.18 Å². The summed E-state index contributed by atoms with van der Waals surface area (Å²) in [4.78, 5) is 10.6. The molecule has 0 saturated heterocycles. The van der Waals surface area contributed by atoms with Crippen molar-refractivity contribution < 1.29 is 18.0 Å². The highest BCUT2D eigenvalue weighted by atomic mass is 19.4. The number of aromatic nitrogens is 7. The van der Waals surface area contributed by atoms with Crippen LogP contribution >= 0.6 is 0 Å². The van der Waals surface area contributed by atoms with Crippen LogP contribution in [0.2, 0.25) is 0 Å². The smallest absolute Gasteiger partial charge is 0.387 e. The van der Waals surface area contributed by atoms with Crippen molar-refractivity contribution in [2.45, 2.75) is 12.8 Å². The molecule has 3 aromatic heterocycles. The number of nitrogens with zero attached hydrogens (tertiary/aromatic N) is 7. The molecule has 4 rings (SSSR count). The Labute approximate surface area is 143 Å². The summed E-state index contributed by atoms with van der Waals surface area (Å²) in [7, 11) is 0. The van der Waals surface area contributed by atoms with Crippen LogP contribution in [0.3, 0.4) is 0 Å². The first-order valence-electron chi connectivity index (χ1n) is 7.40. The van der Waals surface area contributed by atoms with Gasteiger partial charge in [-0.15, -0.1) is 10.2 Å². The highest BCUT2D eigenvalue weighted by molar-refractivity contribution is 5.68. The molecule has 0 aliphatic rings. The molecular formula is C15H10F3N7O. The van der Waals surface area contributed by atoms with Crippen LogP contribution in [0.5, 0.6) is 0 Å². The van der Waals surface area contributed by atoms with E-state index in [1.165, 1.54) is 24.4 Å². The fraction of sp³-hybridized carbons (Fsp3) is 0.133. The maximum Gasteiger partial charge on any atom is 0.418 e. The molecule has 8 nitrogen and oxygen atoms in total. The van der Waals surface area contributed by atoms with E-state index < -0.39 is 11.7 Å².